The molecule has 4 nitrogen and oxygen atoms in total. The van der Waals surface area contributed by atoms with Gasteiger partial charge in [0.1, 0.15) is 11.5 Å². The second-order valence-corrected chi connectivity index (χ2v) is 5.62. The van der Waals surface area contributed by atoms with Crippen LogP contribution in [0.25, 0.3) is 0 Å². The fourth-order valence-electron chi connectivity index (χ4n) is 2.98. The Morgan fingerprint density at radius 1 is 1.12 bits per heavy atom. The zero-order chi connectivity index (χ0) is 16.1. The maximum Gasteiger partial charge on any atom is 0.127 e. The molecule has 0 spiro atoms. The largest absolute Gasteiger partial charge is 0.497 e. The van der Waals surface area contributed by atoms with Crippen molar-refractivity contribution in [3.8, 4) is 11.5 Å². The number of fused-ring (bicyclic) bond motifs is 1. The molecule has 130 valence electrons. The van der Waals surface area contributed by atoms with Gasteiger partial charge in [0.2, 0.25) is 0 Å². The molecule has 1 aliphatic rings. The van der Waals surface area contributed by atoms with Gasteiger partial charge in [0, 0.05) is 24.7 Å². The van der Waals surface area contributed by atoms with Crippen LogP contribution in [0.3, 0.4) is 0 Å². The predicted octanol–water partition coefficient (Wildman–Crippen LogP) is 3.53. The Kier molecular flexibility index (Phi) is 6.91. The first kappa shape index (κ1) is 18.6. The van der Waals surface area contributed by atoms with Gasteiger partial charge < -0.3 is 19.5 Å². The average molecular weight is 350 g/mol. The van der Waals surface area contributed by atoms with E-state index in [1.807, 2.05) is 18.2 Å². The highest BCUT2D eigenvalue weighted by atomic mass is 35.5. The number of hydrogen-bond donors (Lipinski definition) is 1. The molecule has 1 N–H and O–H groups in total. The first-order valence-corrected chi connectivity index (χ1v) is 7.93. The van der Waals surface area contributed by atoms with E-state index in [-0.39, 0.29) is 18.5 Å². The molecule has 0 bridgehead atoms. The number of benzene rings is 2. The lowest BCUT2D eigenvalue weighted by molar-refractivity contribution is 0.0423. The summed E-state index contributed by atoms with van der Waals surface area (Å²) in [6, 6.07) is 14.4. The van der Waals surface area contributed by atoms with Crippen LogP contribution in [0.15, 0.2) is 42.5 Å². The summed E-state index contributed by atoms with van der Waals surface area (Å²) in [4.78, 5) is 0. The van der Waals surface area contributed by atoms with Gasteiger partial charge in [-0.25, -0.2) is 0 Å². The van der Waals surface area contributed by atoms with E-state index in [1.54, 1.807) is 14.2 Å². The summed E-state index contributed by atoms with van der Waals surface area (Å²) >= 11 is 0. The van der Waals surface area contributed by atoms with Crippen LogP contribution in [-0.4, -0.2) is 27.4 Å². The molecule has 2 aromatic rings. The standard InChI is InChI=1S/C19H23NO3.ClH/c1-21-16-8-7-15(18(11-16)22-2)12-20-13-19-17-6-4-3-5-14(17)9-10-23-19;/h3-8,11,19-20H,9-10,12-13H2,1-2H3;1H. The summed E-state index contributed by atoms with van der Waals surface area (Å²) < 4.78 is 16.6. The van der Waals surface area contributed by atoms with E-state index in [2.05, 4.69) is 29.6 Å². The number of nitrogens with one attached hydrogen (secondary N) is 1. The molecule has 1 unspecified atom stereocenters. The number of ether oxygens (including phenoxy) is 3. The molecule has 0 aromatic heterocycles. The van der Waals surface area contributed by atoms with Crippen molar-refractivity contribution < 1.29 is 14.2 Å². The summed E-state index contributed by atoms with van der Waals surface area (Å²) in [6.45, 7) is 2.30. The summed E-state index contributed by atoms with van der Waals surface area (Å²) in [6.07, 6.45) is 1.11. The highest BCUT2D eigenvalue weighted by molar-refractivity contribution is 5.85. The van der Waals surface area contributed by atoms with Gasteiger partial charge in [-0.3, -0.25) is 0 Å². The Morgan fingerprint density at radius 3 is 2.75 bits per heavy atom. The minimum absolute atomic E-state index is 0. The predicted molar refractivity (Wildman–Crippen MR) is 97.3 cm³/mol. The fraction of sp³-hybridized carbons (Fsp3) is 0.368. The van der Waals surface area contributed by atoms with E-state index < -0.39 is 0 Å². The summed E-state index contributed by atoms with van der Waals surface area (Å²) in [5.74, 6) is 1.64. The van der Waals surface area contributed by atoms with Crippen molar-refractivity contribution in [1.82, 2.24) is 5.32 Å². The van der Waals surface area contributed by atoms with Crippen molar-refractivity contribution in [2.24, 2.45) is 0 Å². The highest BCUT2D eigenvalue weighted by Gasteiger charge is 2.19. The lowest BCUT2D eigenvalue weighted by atomic mass is 9.97. The van der Waals surface area contributed by atoms with Crippen molar-refractivity contribution in [2.75, 3.05) is 27.4 Å². The molecule has 1 heterocycles. The molecule has 0 amide bonds. The van der Waals surface area contributed by atoms with Crippen LogP contribution in [0.5, 0.6) is 11.5 Å². The van der Waals surface area contributed by atoms with Gasteiger partial charge in [-0.05, 0) is 23.6 Å². The molecular formula is C19H24ClNO3. The molecule has 24 heavy (non-hydrogen) atoms. The van der Waals surface area contributed by atoms with Crippen molar-refractivity contribution in [1.29, 1.82) is 0 Å². The van der Waals surface area contributed by atoms with Crippen LogP contribution in [0.4, 0.5) is 0 Å². The highest BCUT2D eigenvalue weighted by Crippen LogP contribution is 2.27. The molecular weight excluding hydrogens is 326 g/mol. The van der Waals surface area contributed by atoms with E-state index in [4.69, 9.17) is 14.2 Å². The van der Waals surface area contributed by atoms with Crippen LogP contribution in [0, 0.1) is 0 Å². The van der Waals surface area contributed by atoms with Crippen molar-refractivity contribution in [3.63, 3.8) is 0 Å². The Balaban J connectivity index is 0.00000208. The molecule has 0 aliphatic carbocycles. The lowest BCUT2D eigenvalue weighted by Crippen LogP contribution is -2.27. The Bertz CT molecular complexity index is 663. The van der Waals surface area contributed by atoms with E-state index in [9.17, 15) is 0 Å². The summed E-state index contributed by atoms with van der Waals surface area (Å²) in [5, 5.41) is 3.48. The molecule has 1 atom stereocenters. The number of halogens is 1. The van der Waals surface area contributed by atoms with Crippen LogP contribution < -0.4 is 14.8 Å². The SMILES string of the molecule is COc1ccc(CNCC2OCCc3ccccc32)c(OC)c1.Cl. The minimum atomic E-state index is 0. The van der Waals surface area contributed by atoms with Crippen molar-refractivity contribution >= 4 is 12.4 Å². The molecule has 1 aliphatic heterocycles. The molecule has 5 heteroatoms. The van der Waals surface area contributed by atoms with Gasteiger partial charge in [-0.1, -0.05) is 30.3 Å². The molecule has 0 radical (unpaired) electrons. The summed E-state index contributed by atoms with van der Waals surface area (Å²) in [7, 11) is 3.34. The number of methoxy groups -OCH3 is 2. The van der Waals surface area contributed by atoms with Gasteiger partial charge in [-0.2, -0.15) is 0 Å². The Hall–Kier alpha value is -1.75. The van der Waals surface area contributed by atoms with E-state index in [1.165, 1.54) is 11.1 Å². The first-order chi connectivity index (χ1) is 11.3. The maximum absolute atomic E-state index is 5.92. The second-order valence-electron chi connectivity index (χ2n) is 5.62. The lowest BCUT2D eigenvalue weighted by Gasteiger charge is -2.26. The molecule has 0 saturated carbocycles. The van der Waals surface area contributed by atoms with Gasteiger partial charge in [-0.15, -0.1) is 12.4 Å². The van der Waals surface area contributed by atoms with Gasteiger partial charge in [0.05, 0.1) is 26.9 Å². The zero-order valence-corrected chi connectivity index (χ0v) is 14.9. The van der Waals surface area contributed by atoms with E-state index in [0.717, 1.165) is 43.2 Å². The molecule has 2 aromatic carbocycles. The third-order valence-electron chi connectivity index (χ3n) is 4.23. The third kappa shape index (κ3) is 4.20. The van der Waals surface area contributed by atoms with Crippen LogP contribution in [-0.2, 0) is 17.7 Å². The number of hydrogen-bond acceptors (Lipinski definition) is 4. The van der Waals surface area contributed by atoms with Gasteiger partial charge in [0.15, 0.2) is 0 Å². The first-order valence-electron chi connectivity index (χ1n) is 7.93. The average Bonchev–Trinajstić information content (AvgIpc) is 2.62. The van der Waals surface area contributed by atoms with Gasteiger partial charge >= 0.3 is 0 Å². The minimum Gasteiger partial charge on any atom is -0.497 e. The zero-order valence-electron chi connectivity index (χ0n) is 14.1. The fourth-order valence-corrected chi connectivity index (χ4v) is 2.98. The smallest absolute Gasteiger partial charge is 0.127 e. The van der Waals surface area contributed by atoms with Crippen LogP contribution in [0.2, 0.25) is 0 Å². The molecule has 0 saturated heterocycles. The van der Waals surface area contributed by atoms with Crippen LogP contribution >= 0.6 is 12.4 Å². The second kappa shape index (κ2) is 8.92. The third-order valence-corrected chi connectivity index (χ3v) is 4.23. The van der Waals surface area contributed by atoms with E-state index >= 15 is 0 Å². The normalized spacial score (nSPS) is 16.0. The monoisotopic (exact) mass is 349 g/mol. The summed E-state index contributed by atoms with van der Waals surface area (Å²) in [5.41, 5.74) is 3.80. The number of rotatable bonds is 6. The molecule has 0 fully saturated rings. The van der Waals surface area contributed by atoms with Crippen molar-refractivity contribution in [2.45, 2.75) is 19.1 Å². The maximum atomic E-state index is 5.92. The van der Waals surface area contributed by atoms with E-state index in [0.29, 0.717) is 0 Å². The Labute approximate surface area is 149 Å². The topological polar surface area (TPSA) is 39.7 Å². The van der Waals surface area contributed by atoms with Gasteiger partial charge in [0.25, 0.3) is 0 Å². The molecule has 3 rings (SSSR count). The Morgan fingerprint density at radius 2 is 1.96 bits per heavy atom. The quantitative estimate of drug-likeness (QED) is 0.866. The van der Waals surface area contributed by atoms with Crippen LogP contribution in [0.1, 0.15) is 22.8 Å². The van der Waals surface area contributed by atoms with Crippen molar-refractivity contribution in [3.05, 3.63) is 59.2 Å².